The summed E-state index contributed by atoms with van der Waals surface area (Å²) in [4.78, 5) is 15.9. The molecule has 0 rings (SSSR count). The summed E-state index contributed by atoms with van der Waals surface area (Å²) < 4.78 is 4.70. The zero-order chi connectivity index (χ0) is 14.7. The third-order valence-electron chi connectivity index (χ3n) is 3.19. The number of nitrogens with one attached hydrogen (secondary N) is 2. The summed E-state index contributed by atoms with van der Waals surface area (Å²) >= 11 is 0. The molecule has 120 valence electrons. The van der Waals surface area contributed by atoms with Crippen LogP contribution in [0, 0.1) is 11.8 Å². The minimum absolute atomic E-state index is 0. The fourth-order valence-electron chi connectivity index (χ4n) is 1.64. The summed E-state index contributed by atoms with van der Waals surface area (Å²) in [5.74, 6) is 1.00. The van der Waals surface area contributed by atoms with E-state index in [0.717, 1.165) is 31.9 Å². The van der Waals surface area contributed by atoms with Crippen molar-refractivity contribution in [2.24, 2.45) is 16.8 Å². The summed E-state index contributed by atoms with van der Waals surface area (Å²) in [5, 5.41) is 6.36. The average Bonchev–Trinajstić information content (AvgIpc) is 2.44. The van der Waals surface area contributed by atoms with Gasteiger partial charge in [0.25, 0.3) is 0 Å². The molecule has 0 aliphatic heterocycles. The van der Waals surface area contributed by atoms with Gasteiger partial charge < -0.3 is 15.4 Å². The molecule has 0 aliphatic carbocycles. The molecule has 0 heterocycles. The highest BCUT2D eigenvalue weighted by atomic mass is 127. The van der Waals surface area contributed by atoms with E-state index in [2.05, 4.69) is 29.5 Å². The van der Waals surface area contributed by atoms with Crippen molar-refractivity contribution in [1.82, 2.24) is 10.6 Å². The Labute approximate surface area is 140 Å². The topological polar surface area (TPSA) is 62.7 Å². The maximum Gasteiger partial charge on any atom is 0.310 e. The van der Waals surface area contributed by atoms with Crippen molar-refractivity contribution in [3.05, 3.63) is 0 Å². The number of ether oxygens (including phenoxy) is 1. The van der Waals surface area contributed by atoms with E-state index in [9.17, 15) is 4.79 Å². The minimum atomic E-state index is -0.205. The molecule has 5 nitrogen and oxygen atoms in total. The van der Waals surface area contributed by atoms with Gasteiger partial charge >= 0.3 is 5.97 Å². The van der Waals surface area contributed by atoms with Crippen LogP contribution in [-0.4, -0.2) is 38.7 Å². The quantitative estimate of drug-likeness (QED) is 0.285. The molecule has 0 amide bonds. The van der Waals surface area contributed by atoms with Crippen LogP contribution >= 0.6 is 24.0 Å². The van der Waals surface area contributed by atoms with Crippen LogP contribution in [0.5, 0.6) is 0 Å². The van der Waals surface area contributed by atoms with Gasteiger partial charge in [-0.1, -0.05) is 33.6 Å². The number of aliphatic imine (C=N–C) groups is 1. The Morgan fingerprint density at radius 1 is 1.20 bits per heavy atom. The summed E-state index contributed by atoms with van der Waals surface area (Å²) in [6.07, 6.45) is 2.27. The molecule has 0 aliphatic rings. The van der Waals surface area contributed by atoms with Crippen LogP contribution < -0.4 is 10.6 Å². The van der Waals surface area contributed by atoms with E-state index in [4.69, 9.17) is 4.74 Å². The lowest BCUT2D eigenvalue weighted by Gasteiger charge is -2.16. The van der Waals surface area contributed by atoms with Gasteiger partial charge in [-0.15, -0.1) is 24.0 Å². The van der Waals surface area contributed by atoms with E-state index in [0.29, 0.717) is 12.5 Å². The van der Waals surface area contributed by atoms with Crippen molar-refractivity contribution in [3.63, 3.8) is 0 Å². The van der Waals surface area contributed by atoms with Gasteiger partial charge in [0.15, 0.2) is 5.96 Å². The third-order valence-corrected chi connectivity index (χ3v) is 3.19. The first-order chi connectivity index (χ1) is 9.08. The molecule has 0 spiro atoms. The predicted octanol–water partition coefficient (Wildman–Crippen LogP) is 2.40. The largest absolute Gasteiger partial charge is 0.469 e. The first-order valence-corrected chi connectivity index (χ1v) is 7.18. The highest BCUT2D eigenvalue weighted by Crippen LogP contribution is 2.07. The maximum atomic E-state index is 11.3. The number of carbonyl (C=O) groups excluding carboxylic acids is 1. The van der Waals surface area contributed by atoms with Crippen LogP contribution in [0.3, 0.4) is 0 Å². The Kier molecular flexibility index (Phi) is 14.6. The van der Waals surface area contributed by atoms with Crippen LogP contribution in [-0.2, 0) is 9.53 Å². The molecule has 20 heavy (non-hydrogen) atoms. The van der Waals surface area contributed by atoms with Crippen molar-refractivity contribution in [2.45, 2.75) is 40.5 Å². The molecule has 6 heteroatoms. The predicted molar refractivity (Wildman–Crippen MR) is 94.6 cm³/mol. The summed E-state index contributed by atoms with van der Waals surface area (Å²) in [6.45, 7) is 10.4. The number of carbonyl (C=O) groups is 1. The number of hydrogen-bond acceptors (Lipinski definition) is 3. The highest BCUT2D eigenvalue weighted by molar-refractivity contribution is 14.0. The fraction of sp³-hybridized carbons (Fsp3) is 0.857. The lowest BCUT2D eigenvalue weighted by molar-refractivity contribution is -0.144. The second kappa shape index (κ2) is 13.5. The Hall–Kier alpha value is -0.530. The van der Waals surface area contributed by atoms with Crippen LogP contribution in [0.15, 0.2) is 4.99 Å². The minimum Gasteiger partial charge on any atom is -0.469 e. The second-order valence-corrected chi connectivity index (χ2v) is 4.71. The maximum absolute atomic E-state index is 11.3. The van der Waals surface area contributed by atoms with Crippen molar-refractivity contribution < 1.29 is 9.53 Å². The number of methoxy groups -OCH3 is 1. The van der Waals surface area contributed by atoms with E-state index in [1.807, 2.05) is 13.8 Å². The molecule has 0 fully saturated rings. The van der Waals surface area contributed by atoms with Gasteiger partial charge in [-0.25, -0.2) is 0 Å². The van der Waals surface area contributed by atoms with Gasteiger partial charge in [-0.05, 0) is 12.8 Å². The SMILES string of the molecule is CCNC(=NCC(CC)CC)NCC(C)C(=O)OC.I. The molecule has 0 aromatic carbocycles. The van der Waals surface area contributed by atoms with Gasteiger partial charge in [-0.3, -0.25) is 9.79 Å². The van der Waals surface area contributed by atoms with Crippen LogP contribution in [0.2, 0.25) is 0 Å². The standard InChI is InChI=1S/C14H29N3O2.HI/c1-6-12(7-2)10-17-14(15-8-3)16-9-11(4)13(18)19-5;/h11-12H,6-10H2,1-5H3,(H2,15,16,17);1H. The Morgan fingerprint density at radius 2 is 1.80 bits per heavy atom. The molecular formula is C14H30IN3O2. The molecule has 0 saturated heterocycles. The van der Waals surface area contributed by atoms with Crippen molar-refractivity contribution in [2.75, 3.05) is 26.7 Å². The van der Waals surface area contributed by atoms with Crippen LogP contribution in [0.25, 0.3) is 0 Å². The molecule has 1 unspecified atom stereocenters. The summed E-state index contributed by atoms with van der Waals surface area (Å²) in [6, 6.07) is 0. The fourth-order valence-corrected chi connectivity index (χ4v) is 1.64. The van der Waals surface area contributed by atoms with Crippen molar-refractivity contribution >= 4 is 35.9 Å². The zero-order valence-corrected chi connectivity index (χ0v) is 15.7. The molecule has 0 aromatic rings. The molecule has 2 N–H and O–H groups in total. The number of rotatable bonds is 8. The smallest absolute Gasteiger partial charge is 0.310 e. The van der Waals surface area contributed by atoms with Gasteiger partial charge in [-0.2, -0.15) is 0 Å². The number of esters is 1. The van der Waals surface area contributed by atoms with Crippen LogP contribution in [0.1, 0.15) is 40.5 Å². The van der Waals surface area contributed by atoms with Gasteiger partial charge in [0.2, 0.25) is 0 Å². The number of hydrogen-bond donors (Lipinski definition) is 2. The van der Waals surface area contributed by atoms with E-state index in [1.54, 1.807) is 0 Å². The van der Waals surface area contributed by atoms with Gasteiger partial charge in [0.05, 0.1) is 13.0 Å². The lowest BCUT2D eigenvalue weighted by Crippen LogP contribution is -2.41. The van der Waals surface area contributed by atoms with Gasteiger partial charge in [0.1, 0.15) is 0 Å². The summed E-state index contributed by atoms with van der Waals surface area (Å²) in [5.41, 5.74) is 0. The third kappa shape index (κ3) is 9.39. The Morgan fingerprint density at radius 3 is 2.25 bits per heavy atom. The van der Waals surface area contributed by atoms with Crippen molar-refractivity contribution in [3.8, 4) is 0 Å². The lowest BCUT2D eigenvalue weighted by atomic mass is 10.0. The second-order valence-electron chi connectivity index (χ2n) is 4.71. The molecule has 0 bridgehead atoms. The van der Waals surface area contributed by atoms with E-state index < -0.39 is 0 Å². The van der Waals surface area contributed by atoms with E-state index in [-0.39, 0.29) is 35.9 Å². The first-order valence-electron chi connectivity index (χ1n) is 7.18. The Balaban J connectivity index is 0. The Bertz CT molecular complexity index is 282. The average molecular weight is 399 g/mol. The first kappa shape index (κ1) is 21.8. The monoisotopic (exact) mass is 399 g/mol. The zero-order valence-electron chi connectivity index (χ0n) is 13.4. The molecule has 1 atom stereocenters. The summed E-state index contributed by atoms with van der Waals surface area (Å²) in [7, 11) is 1.41. The normalized spacial score (nSPS) is 12.6. The number of nitrogens with zero attached hydrogens (tertiary/aromatic N) is 1. The molecule has 0 aromatic heterocycles. The van der Waals surface area contributed by atoms with E-state index in [1.165, 1.54) is 7.11 Å². The van der Waals surface area contributed by atoms with Crippen LogP contribution in [0.4, 0.5) is 0 Å². The van der Waals surface area contributed by atoms with E-state index >= 15 is 0 Å². The van der Waals surface area contributed by atoms with Gasteiger partial charge in [0, 0.05) is 19.6 Å². The molecule has 0 radical (unpaired) electrons. The highest BCUT2D eigenvalue weighted by Gasteiger charge is 2.13. The molecular weight excluding hydrogens is 369 g/mol. The van der Waals surface area contributed by atoms with Crippen molar-refractivity contribution in [1.29, 1.82) is 0 Å². The number of halogens is 1. The molecule has 0 saturated carbocycles. The number of guanidine groups is 1.